The molecule has 0 bridgehead atoms. The Hall–Kier alpha value is -2.02. The van der Waals surface area contributed by atoms with E-state index in [1.807, 2.05) is 20.8 Å². The van der Waals surface area contributed by atoms with E-state index in [1.54, 1.807) is 0 Å². The van der Waals surface area contributed by atoms with Crippen molar-refractivity contribution in [2.24, 2.45) is 11.1 Å². The van der Waals surface area contributed by atoms with Crippen LogP contribution >= 0.6 is 0 Å². The quantitative estimate of drug-likeness (QED) is 0.655. The van der Waals surface area contributed by atoms with Gasteiger partial charge in [0.15, 0.2) is 0 Å². The zero-order valence-corrected chi connectivity index (χ0v) is 11.6. The van der Waals surface area contributed by atoms with E-state index in [9.17, 15) is 19.3 Å². The van der Waals surface area contributed by atoms with E-state index in [1.165, 1.54) is 0 Å². The van der Waals surface area contributed by atoms with Crippen LogP contribution in [0.1, 0.15) is 27.2 Å². The summed E-state index contributed by atoms with van der Waals surface area (Å²) in [5.41, 5.74) is 5.09. The topological polar surface area (TPSA) is 98.3 Å². The van der Waals surface area contributed by atoms with Crippen molar-refractivity contribution in [3.8, 4) is 0 Å². The molecule has 0 saturated heterocycles. The van der Waals surface area contributed by atoms with Gasteiger partial charge in [0.1, 0.15) is 5.82 Å². The molecule has 0 aromatic heterocycles. The molecular weight excluding hydrogens is 265 g/mol. The molecular formula is C13H18FN3O3. The molecule has 1 aromatic carbocycles. The largest absolute Gasteiger partial charge is 0.327 e. The average molecular weight is 283 g/mol. The maximum absolute atomic E-state index is 13.5. The normalized spacial score (nSPS) is 12.8. The second kappa shape index (κ2) is 5.96. The minimum atomic E-state index is -0.728. The predicted molar refractivity (Wildman–Crippen MR) is 73.7 cm³/mol. The van der Waals surface area contributed by atoms with Gasteiger partial charge < -0.3 is 11.1 Å². The Kier molecular flexibility index (Phi) is 4.78. The summed E-state index contributed by atoms with van der Waals surface area (Å²) in [6, 6.07) is 2.56. The van der Waals surface area contributed by atoms with Crippen molar-refractivity contribution in [2.75, 3.05) is 5.32 Å². The first kappa shape index (κ1) is 16.0. The van der Waals surface area contributed by atoms with Gasteiger partial charge in [-0.25, -0.2) is 4.39 Å². The van der Waals surface area contributed by atoms with Gasteiger partial charge in [-0.3, -0.25) is 14.9 Å². The zero-order valence-electron chi connectivity index (χ0n) is 11.6. The third-order valence-corrected chi connectivity index (χ3v) is 2.95. The lowest BCUT2D eigenvalue weighted by Crippen LogP contribution is -2.38. The van der Waals surface area contributed by atoms with E-state index in [-0.39, 0.29) is 23.2 Å². The fourth-order valence-electron chi connectivity index (χ4n) is 1.43. The number of nitro groups is 1. The molecule has 1 amide bonds. The SMILES string of the molecule is CC(C)(C)C(N)CC(=O)Nc1cc([N+](=O)[O-])ccc1F. The highest BCUT2D eigenvalue weighted by Crippen LogP contribution is 2.23. The number of nitrogens with two attached hydrogens (primary N) is 1. The van der Waals surface area contributed by atoms with Crippen LogP contribution < -0.4 is 11.1 Å². The molecule has 0 saturated carbocycles. The van der Waals surface area contributed by atoms with Crippen LogP contribution in [0.25, 0.3) is 0 Å². The molecule has 0 fully saturated rings. The molecule has 7 heteroatoms. The number of amides is 1. The van der Waals surface area contributed by atoms with Crippen molar-refractivity contribution in [1.29, 1.82) is 0 Å². The Balaban J connectivity index is 2.80. The van der Waals surface area contributed by atoms with Gasteiger partial charge in [0, 0.05) is 24.6 Å². The summed E-state index contributed by atoms with van der Waals surface area (Å²) in [6.07, 6.45) is 0.00559. The first-order chi connectivity index (χ1) is 9.11. The zero-order chi connectivity index (χ0) is 15.5. The van der Waals surface area contributed by atoms with E-state index < -0.39 is 22.7 Å². The van der Waals surface area contributed by atoms with Gasteiger partial charge in [0.05, 0.1) is 10.6 Å². The maximum Gasteiger partial charge on any atom is 0.271 e. The van der Waals surface area contributed by atoms with Crippen LogP contribution in [0.3, 0.4) is 0 Å². The van der Waals surface area contributed by atoms with Crippen LogP contribution in [0.4, 0.5) is 15.8 Å². The standard InChI is InChI=1S/C13H18FN3O3/c1-13(2,3)11(15)7-12(18)16-10-6-8(17(19)20)4-5-9(10)14/h4-6,11H,7,15H2,1-3H3,(H,16,18). The summed E-state index contributed by atoms with van der Waals surface area (Å²) in [4.78, 5) is 21.7. The Morgan fingerprint density at radius 3 is 2.60 bits per heavy atom. The minimum Gasteiger partial charge on any atom is -0.327 e. The monoisotopic (exact) mass is 283 g/mol. The molecule has 6 nitrogen and oxygen atoms in total. The number of hydrogen-bond donors (Lipinski definition) is 2. The summed E-state index contributed by atoms with van der Waals surface area (Å²) in [7, 11) is 0. The minimum absolute atomic E-state index is 0.00559. The highest BCUT2D eigenvalue weighted by molar-refractivity contribution is 5.91. The number of halogens is 1. The lowest BCUT2D eigenvalue weighted by atomic mass is 9.85. The molecule has 3 N–H and O–H groups in total. The van der Waals surface area contributed by atoms with E-state index in [4.69, 9.17) is 5.73 Å². The van der Waals surface area contributed by atoms with Crippen LogP contribution in [0.5, 0.6) is 0 Å². The van der Waals surface area contributed by atoms with Crippen LogP contribution in [0, 0.1) is 21.3 Å². The molecule has 20 heavy (non-hydrogen) atoms. The van der Waals surface area contributed by atoms with E-state index in [0.717, 1.165) is 18.2 Å². The van der Waals surface area contributed by atoms with Gasteiger partial charge in [-0.1, -0.05) is 20.8 Å². The number of rotatable bonds is 4. The van der Waals surface area contributed by atoms with Crippen molar-refractivity contribution in [3.63, 3.8) is 0 Å². The summed E-state index contributed by atoms with van der Waals surface area (Å²) >= 11 is 0. The molecule has 1 aromatic rings. The molecule has 0 heterocycles. The van der Waals surface area contributed by atoms with Gasteiger partial charge in [-0.15, -0.1) is 0 Å². The van der Waals surface area contributed by atoms with Crippen molar-refractivity contribution in [1.82, 2.24) is 0 Å². The number of carbonyl (C=O) groups is 1. The first-order valence-corrected chi connectivity index (χ1v) is 6.10. The lowest BCUT2D eigenvalue weighted by Gasteiger charge is -2.26. The Labute approximate surface area is 116 Å². The number of benzene rings is 1. The van der Waals surface area contributed by atoms with Crippen LogP contribution in [0.2, 0.25) is 0 Å². The molecule has 0 aliphatic heterocycles. The fourth-order valence-corrected chi connectivity index (χ4v) is 1.43. The molecule has 0 spiro atoms. The Bertz CT molecular complexity index is 526. The number of non-ortho nitro benzene ring substituents is 1. The molecule has 0 aliphatic rings. The number of carbonyl (C=O) groups excluding carboxylic acids is 1. The second-order valence-corrected chi connectivity index (χ2v) is 5.65. The third-order valence-electron chi connectivity index (χ3n) is 2.95. The lowest BCUT2D eigenvalue weighted by molar-refractivity contribution is -0.384. The molecule has 1 unspecified atom stereocenters. The van der Waals surface area contributed by atoms with Gasteiger partial charge >= 0.3 is 0 Å². The van der Waals surface area contributed by atoms with Gasteiger partial charge in [0.2, 0.25) is 5.91 Å². The van der Waals surface area contributed by atoms with Gasteiger partial charge in [0.25, 0.3) is 5.69 Å². The van der Waals surface area contributed by atoms with Gasteiger partial charge in [-0.2, -0.15) is 0 Å². The van der Waals surface area contributed by atoms with Gasteiger partial charge in [-0.05, 0) is 11.5 Å². The number of hydrogen-bond acceptors (Lipinski definition) is 4. The van der Waals surface area contributed by atoms with Crippen LogP contribution in [-0.2, 0) is 4.79 Å². The highest BCUT2D eigenvalue weighted by atomic mass is 19.1. The van der Waals surface area contributed by atoms with E-state index in [0.29, 0.717) is 0 Å². The predicted octanol–water partition coefficient (Wildman–Crippen LogP) is 2.44. The Morgan fingerprint density at radius 2 is 2.10 bits per heavy atom. The second-order valence-electron chi connectivity index (χ2n) is 5.65. The number of nitrogens with one attached hydrogen (secondary N) is 1. The van der Waals surface area contributed by atoms with Crippen LogP contribution in [-0.4, -0.2) is 16.9 Å². The molecule has 1 rings (SSSR count). The molecule has 1 atom stereocenters. The number of nitrogens with zero attached hydrogens (tertiary/aromatic N) is 1. The van der Waals surface area contributed by atoms with Crippen molar-refractivity contribution >= 4 is 17.3 Å². The van der Waals surface area contributed by atoms with E-state index >= 15 is 0 Å². The Morgan fingerprint density at radius 1 is 1.50 bits per heavy atom. The maximum atomic E-state index is 13.5. The van der Waals surface area contributed by atoms with Crippen LogP contribution in [0.15, 0.2) is 18.2 Å². The summed E-state index contributed by atoms with van der Waals surface area (Å²) in [6.45, 7) is 5.66. The fraction of sp³-hybridized carbons (Fsp3) is 0.462. The number of anilines is 1. The van der Waals surface area contributed by atoms with E-state index in [2.05, 4.69) is 5.32 Å². The number of nitro benzene ring substituents is 1. The molecule has 110 valence electrons. The molecule has 0 aliphatic carbocycles. The van der Waals surface area contributed by atoms with Crippen molar-refractivity contribution in [3.05, 3.63) is 34.1 Å². The smallest absolute Gasteiger partial charge is 0.271 e. The van der Waals surface area contributed by atoms with Crippen molar-refractivity contribution < 1.29 is 14.1 Å². The average Bonchev–Trinajstić information content (AvgIpc) is 2.30. The highest BCUT2D eigenvalue weighted by Gasteiger charge is 2.23. The first-order valence-electron chi connectivity index (χ1n) is 6.10. The van der Waals surface area contributed by atoms with Crippen molar-refractivity contribution in [2.45, 2.75) is 33.2 Å². The summed E-state index contributed by atoms with van der Waals surface area (Å²) in [5, 5.41) is 12.9. The summed E-state index contributed by atoms with van der Waals surface area (Å²) < 4.78 is 13.5. The molecule has 0 radical (unpaired) electrons. The third kappa shape index (κ3) is 4.27. The summed E-state index contributed by atoms with van der Waals surface area (Å²) in [5.74, 6) is -1.21.